The number of aromatic amines is 1. The molecular weight excluding hydrogens is 416 g/mol. The third-order valence-corrected chi connectivity index (χ3v) is 6.80. The number of amides is 2. The van der Waals surface area contributed by atoms with Crippen molar-refractivity contribution in [2.45, 2.75) is 45.6 Å². The zero-order chi connectivity index (χ0) is 23.1. The van der Waals surface area contributed by atoms with Crippen LogP contribution in [-0.4, -0.2) is 37.8 Å². The Bertz CT molecular complexity index is 1140. The van der Waals surface area contributed by atoms with E-state index in [0.29, 0.717) is 23.2 Å². The SMILES string of the molecule is Cc1n[nH]c(C)c1-c1ccc(NC(=O)[C@@H](NC(=O)c2ccn(C)n2)C(C2CC2)C2CC2)cc1. The first kappa shape index (κ1) is 21.4. The normalized spacial score (nSPS) is 16.6. The van der Waals surface area contributed by atoms with E-state index >= 15 is 0 Å². The molecule has 1 aromatic carbocycles. The van der Waals surface area contributed by atoms with Gasteiger partial charge in [0.05, 0.1) is 5.69 Å². The molecule has 2 aromatic heterocycles. The molecule has 0 aliphatic heterocycles. The van der Waals surface area contributed by atoms with Crippen LogP contribution < -0.4 is 10.6 Å². The number of H-pyrrole nitrogens is 1. The van der Waals surface area contributed by atoms with Crippen LogP contribution in [0.5, 0.6) is 0 Å². The molecule has 0 saturated heterocycles. The zero-order valence-electron chi connectivity index (χ0n) is 19.3. The summed E-state index contributed by atoms with van der Waals surface area (Å²) < 4.78 is 1.59. The fraction of sp³-hybridized carbons (Fsp3) is 0.440. The van der Waals surface area contributed by atoms with Crippen molar-refractivity contribution in [3.05, 3.63) is 53.6 Å². The minimum absolute atomic E-state index is 0.161. The molecule has 0 radical (unpaired) electrons. The van der Waals surface area contributed by atoms with Gasteiger partial charge in [0.1, 0.15) is 11.7 Å². The number of nitrogens with zero attached hydrogens (tertiary/aromatic N) is 3. The van der Waals surface area contributed by atoms with Crippen molar-refractivity contribution in [3.63, 3.8) is 0 Å². The van der Waals surface area contributed by atoms with Crippen LogP contribution >= 0.6 is 0 Å². The van der Waals surface area contributed by atoms with Crippen LogP contribution in [0.3, 0.4) is 0 Å². The van der Waals surface area contributed by atoms with E-state index in [1.807, 2.05) is 38.1 Å². The molecule has 2 heterocycles. The van der Waals surface area contributed by atoms with E-state index in [2.05, 4.69) is 25.9 Å². The topological polar surface area (TPSA) is 105 Å². The van der Waals surface area contributed by atoms with E-state index in [4.69, 9.17) is 0 Å². The molecule has 2 fully saturated rings. The Hall–Kier alpha value is -3.42. The van der Waals surface area contributed by atoms with Crippen LogP contribution in [-0.2, 0) is 11.8 Å². The number of carbonyl (C=O) groups is 2. The summed E-state index contributed by atoms with van der Waals surface area (Å²) in [6.07, 6.45) is 6.24. The molecular formula is C25H30N6O2. The van der Waals surface area contributed by atoms with Gasteiger partial charge in [-0.3, -0.25) is 19.4 Å². The molecule has 5 rings (SSSR count). The summed E-state index contributed by atoms with van der Waals surface area (Å²) in [7, 11) is 1.77. The molecule has 2 saturated carbocycles. The van der Waals surface area contributed by atoms with Crippen LogP contribution in [0, 0.1) is 31.6 Å². The maximum absolute atomic E-state index is 13.4. The van der Waals surface area contributed by atoms with Crippen LogP contribution in [0.25, 0.3) is 11.1 Å². The lowest BCUT2D eigenvalue weighted by molar-refractivity contribution is -0.119. The van der Waals surface area contributed by atoms with E-state index in [0.717, 1.165) is 48.2 Å². The highest BCUT2D eigenvalue weighted by atomic mass is 16.2. The molecule has 0 unspecified atom stereocenters. The molecule has 8 nitrogen and oxygen atoms in total. The highest BCUT2D eigenvalue weighted by molar-refractivity contribution is 6.00. The largest absolute Gasteiger partial charge is 0.339 e. The van der Waals surface area contributed by atoms with E-state index in [-0.39, 0.29) is 17.7 Å². The summed E-state index contributed by atoms with van der Waals surface area (Å²) in [5.74, 6) is 0.723. The van der Waals surface area contributed by atoms with Crippen molar-refractivity contribution in [1.82, 2.24) is 25.3 Å². The summed E-state index contributed by atoms with van der Waals surface area (Å²) in [4.78, 5) is 26.3. The number of hydrogen-bond donors (Lipinski definition) is 3. The number of carbonyl (C=O) groups excluding carboxylic acids is 2. The maximum atomic E-state index is 13.4. The van der Waals surface area contributed by atoms with Gasteiger partial charge in [-0.2, -0.15) is 10.2 Å². The maximum Gasteiger partial charge on any atom is 0.272 e. The van der Waals surface area contributed by atoms with Crippen molar-refractivity contribution in [2.24, 2.45) is 24.8 Å². The van der Waals surface area contributed by atoms with Crippen molar-refractivity contribution in [1.29, 1.82) is 0 Å². The van der Waals surface area contributed by atoms with Gasteiger partial charge in [-0.25, -0.2) is 0 Å². The molecule has 8 heteroatoms. The standard InChI is InChI=1S/C25H30N6O2/c1-14-21(15(2)29-28-14)16-8-10-19(11-9-16)26-25(33)23(22(17-4-5-17)18-6-7-18)27-24(32)20-12-13-31(3)30-20/h8-13,17-18,22-23H,4-7H2,1-3H3,(H,26,33)(H,27,32)(H,28,29)/t23-/m0/s1. The first-order chi connectivity index (χ1) is 15.9. The summed E-state index contributed by atoms with van der Waals surface area (Å²) in [6, 6.07) is 8.88. The minimum atomic E-state index is -0.572. The van der Waals surface area contributed by atoms with Crippen molar-refractivity contribution < 1.29 is 9.59 Å². The van der Waals surface area contributed by atoms with Gasteiger partial charge in [0.2, 0.25) is 5.91 Å². The van der Waals surface area contributed by atoms with Crippen LogP contribution in [0.1, 0.15) is 47.6 Å². The summed E-state index contributed by atoms with van der Waals surface area (Å²) in [5, 5.41) is 17.5. The molecule has 3 N–H and O–H groups in total. The Labute approximate surface area is 193 Å². The van der Waals surface area contributed by atoms with Gasteiger partial charge < -0.3 is 10.6 Å². The van der Waals surface area contributed by atoms with Gasteiger partial charge in [-0.05, 0) is 81.0 Å². The Balaban J connectivity index is 1.35. The van der Waals surface area contributed by atoms with Crippen LogP contribution in [0.15, 0.2) is 36.5 Å². The Morgan fingerprint density at radius 3 is 2.24 bits per heavy atom. The van der Waals surface area contributed by atoms with Crippen LogP contribution in [0.4, 0.5) is 5.69 Å². The first-order valence-corrected chi connectivity index (χ1v) is 11.6. The molecule has 2 aliphatic carbocycles. The second-order valence-electron chi connectivity index (χ2n) is 9.45. The van der Waals surface area contributed by atoms with Gasteiger partial charge in [-0.1, -0.05) is 12.1 Å². The van der Waals surface area contributed by atoms with E-state index < -0.39 is 6.04 Å². The smallest absolute Gasteiger partial charge is 0.272 e. The average Bonchev–Trinajstić information content (AvgIpc) is 3.72. The molecule has 0 bridgehead atoms. The fourth-order valence-electron chi connectivity index (χ4n) is 4.90. The number of rotatable bonds is 8. The Morgan fingerprint density at radius 1 is 1.06 bits per heavy atom. The van der Waals surface area contributed by atoms with Crippen molar-refractivity contribution in [3.8, 4) is 11.1 Å². The van der Waals surface area contributed by atoms with E-state index in [1.165, 1.54) is 0 Å². The lowest BCUT2D eigenvalue weighted by Gasteiger charge is -2.27. The van der Waals surface area contributed by atoms with Crippen molar-refractivity contribution >= 4 is 17.5 Å². The third-order valence-electron chi connectivity index (χ3n) is 6.80. The number of anilines is 1. The number of hydrogen-bond acceptors (Lipinski definition) is 4. The molecule has 3 aromatic rings. The van der Waals surface area contributed by atoms with Crippen LogP contribution in [0.2, 0.25) is 0 Å². The number of aryl methyl sites for hydroxylation is 3. The van der Waals surface area contributed by atoms with Gasteiger partial charge in [-0.15, -0.1) is 0 Å². The van der Waals surface area contributed by atoms with Gasteiger partial charge >= 0.3 is 0 Å². The first-order valence-electron chi connectivity index (χ1n) is 11.6. The molecule has 33 heavy (non-hydrogen) atoms. The van der Waals surface area contributed by atoms with Gasteiger partial charge in [0.25, 0.3) is 5.91 Å². The minimum Gasteiger partial charge on any atom is -0.339 e. The van der Waals surface area contributed by atoms with Gasteiger partial charge in [0.15, 0.2) is 0 Å². The Morgan fingerprint density at radius 2 is 1.73 bits per heavy atom. The predicted octanol–water partition coefficient (Wildman–Crippen LogP) is 3.60. The van der Waals surface area contributed by atoms with Gasteiger partial charge in [0, 0.05) is 30.2 Å². The third kappa shape index (κ3) is 4.55. The fourth-order valence-corrected chi connectivity index (χ4v) is 4.90. The lowest BCUT2D eigenvalue weighted by atomic mass is 9.88. The summed E-state index contributed by atoms with van der Waals surface area (Å²) >= 11 is 0. The summed E-state index contributed by atoms with van der Waals surface area (Å²) in [6.45, 7) is 3.97. The highest BCUT2D eigenvalue weighted by Crippen LogP contribution is 2.50. The van der Waals surface area contributed by atoms with Crippen molar-refractivity contribution in [2.75, 3.05) is 5.32 Å². The predicted molar refractivity (Wildman–Crippen MR) is 126 cm³/mol. The molecule has 0 spiro atoms. The summed E-state index contributed by atoms with van der Waals surface area (Å²) in [5.41, 5.74) is 5.12. The number of benzene rings is 1. The molecule has 2 aliphatic rings. The number of aromatic nitrogens is 4. The molecule has 172 valence electrons. The quantitative estimate of drug-likeness (QED) is 0.492. The highest BCUT2D eigenvalue weighted by Gasteiger charge is 2.48. The van der Waals surface area contributed by atoms with E-state index in [1.54, 1.807) is 24.0 Å². The number of nitrogens with one attached hydrogen (secondary N) is 3. The zero-order valence-corrected chi connectivity index (χ0v) is 19.3. The second kappa shape index (κ2) is 8.50. The lowest BCUT2D eigenvalue weighted by Crippen LogP contribution is -2.50. The Kier molecular flexibility index (Phi) is 5.52. The molecule has 1 atom stereocenters. The van der Waals surface area contributed by atoms with E-state index in [9.17, 15) is 9.59 Å². The monoisotopic (exact) mass is 446 g/mol. The molecule has 2 amide bonds. The second-order valence-corrected chi connectivity index (χ2v) is 9.45. The average molecular weight is 447 g/mol.